The molecule has 0 aromatic heterocycles. The molecule has 34 heavy (non-hydrogen) atoms. The Labute approximate surface area is 191 Å². The largest absolute Gasteiger partial charge is 0.390 e. The minimum Gasteiger partial charge on any atom is -0.390 e. The van der Waals surface area contributed by atoms with E-state index in [1.807, 2.05) is 0 Å². The molecule has 0 aliphatic carbocycles. The maximum atomic E-state index is 13.9. The fraction of sp³-hybridized carbons (Fsp3) is 0.318. The molecule has 1 fully saturated rings. The average molecular weight is 481 g/mol. The van der Waals surface area contributed by atoms with Gasteiger partial charge in [0.2, 0.25) is 11.9 Å². The smallest absolute Gasteiger partial charge is 0.330 e. The van der Waals surface area contributed by atoms with Gasteiger partial charge in [0.25, 0.3) is 5.92 Å². The maximum Gasteiger partial charge on any atom is 0.330 e. The summed E-state index contributed by atoms with van der Waals surface area (Å²) in [5, 5.41) is 11.4. The standard InChI is InChI=1S/C22H20F5N5O2/c1-11-3-4-12(8-22(26,27)10-33)5-16(11)29-19-30-21(34)31(2)20-28-9-17(32(19)20)13-6-14(23)18(25)15(24)7-13/h3-7,17,33H,8-10H2,1-2H3,(H,29,30,34). The molecule has 2 aliphatic heterocycles. The summed E-state index contributed by atoms with van der Waals surface area (Å²) in [6, 6.07) is 4.74. The number of guanidine groups is 2. The van der Waals surface area contributed by atoms with Crippen molar-refractivity contribution in [1.82, 2.24) is 15.1 Å². The number of rotatable bonds is 5. The Morgan fingerprint density at radius 1 is 1.21 bits per heavy atom. The number of carbonyl (C=O) groups excluding carboxylic acids is 1. The number of benzene rings is 2. The van der Waals surface area contributed by atoms with Crippen LogP contribution in [0.25, 0.3) is 0 Å². The molecule has 7 nitrogen and oxygen atoms in total. The van der Waals surface area contributed by atoms with E-state index in [1.165, 1.54) is 29.0 Å². The number of amides is 2. The zero-order valence-electron chi connectivity index (χ0n) is 18.1. The highest BCUT2D eigenvalue weighted by Crippen LogP contribution is 2.33. The van der Waals surface area contributed by atoms with Crippen molar-refractivity contribution in [3.8, 4) is 0 Å². The topological polar surface area (TPSA) is 80.5 Å². The van der Waals surface area contributed by atoms with Gasteiger partial charge < -0.3 is 5.11 Å². The summed E-state index contributed by atoms with van der Waals surface area (Å²) in [6.07, 6.45) is -0.718. The van der Waals surface area contributed by atoms with Gasteiger partial charge in [0, 0.05) is 13.5 Å². The third kappa shape index (κ3) is 4.32. The molecular formula is C22H20F5N5O2. The number of carbonyl (C=O) groups is 1. The van der Waals surface area contributed by atoms with Crippen molar-refractivity contribution in [3.63, 3.8) is 0 Å². The van der Waals surface area contributed by atoms with Crippen LogP contribution in [0.2, 0.25) is 0 Å². The molecule has 2 aliphatic rings. The molecule has 1 unspecified atom stereocenters. The number of aryl methyl sites for hydroxylation is 1. The Kier molecular flexibility index (Phi) is 6.02. The van der Waals surface area contributed by atoms with E-state index >= 15 is 0 Å². The molecule has 2 heterocycles. The van der Waals surface area contributed by atoms with Crippen molar-refractivity contribution in [2.24, 2.45) is 9.98 Å². The van der Waals surface area contributed by atoms with Crippen LogP contribution in [0.15, 0.2) is 40.3 Å². The normalized spacial score (nSPS) is 19.4. The summed E-state index contributed by atoms with van der Waals surface area (Å²) in [5.74, 6) is -7.55. The number of nitrogens with zero attached hydrogens (tertiary/aromatic N) is 4. The number of hydrogen-bond acceptors (Lipinski definition) is 4. The monoisotopic (exact) mass is 481 g/mol. The molecule has 2 aromatic carbocycles. The highest BCUT2D eigenvalue weighted by atomic mass is 19.3. The summed E-state index contributed by atoms with van der Waals surface area (Å²) in [4.78, 5) is 23.8. The van der Waals surface area contributed by atoms with Crippen LogP contribution in [0.3, 0.4) is 0 Å². The van der Waals surface area contributed by atoms with Crippen molar-refractivity contribution in [3.05, 3.63) is 64.5 Å². The number of aliphatic hydroxyl groups excluding tert-OH is 1. The van der Waals surface area contributed by atoms with Gasteiger partial charge >= 0.3 is 6.03 Å². The summed E-state index contributed by atoms with van der Waals surface area (Å²) in [6.45, 7) is 0.373. The summed E-state index contributed by atoms with van der Waals surface area (Å²) >= 11 is 0. The molecule has 2 aromatic rings. The molecule has 2 amide bonds. The number of fused-ring (bicyclic) bond motifs is 1. The van der Waals surface area contributed by atoms with E-state index in [4.69, 9.17) is 5.11 Å². The second-order valence-corrected chi connectivity index (χ2v) is 8.06. The number of halogens is 5. The molecule has 180 valence electrons. The van der Waals surface area contributed by atoms with Gasteiger partial charge in [-0.25, -0.2) is 36.7 Å². The number of aliphatic hydroxyl groups is 1. The maximum absolute atomic E-state index is 13.9. The minimum atomic E-state index is -3.32. The second-order valence-electron chi connectivity index (χ2n) is 8.06. The van der Waals surface area contributed by atoms with Crippen LogP contribution in [-0.2, 0) is 6.42 Å². The molecule has 4 rings (SSSR count). The van der Waals surface area contributed by atoms with Gasteiger partial charge in [-0.15, -0.1) is 0 Å². The highest BCUT2D eigenvalue weighted by molar-refractivity contribution is 6.16. The van der Waals surface area contributed by atoms with Gasteiger partial charge in [-0.3, -0.25) is 15.1 Å². The molecule has 12 heteroatoms. The molecular weight excluding hydrogens is 461 g/mol. The zero-order chi connectivity index (χ0) is 24.8. The Hall–Kier alpha value is -3.54. The van der Waals surface area contributed by atoms with E-state index in [2.05, 4.69) is 15.3 Å². The predicted molar refractivity (Wildman–Crippen MR) is 114 cm³/mol. The Balaban J connectivity index is 1.76. The van der Waals surface area contributed by atoms with Crippen LogP contribution in [0.5, 0.6) is 0 Å². The van der Waals surface area contributed by atoms with Crippen molar-refractivity contribution >= 4 is 23.6 Å². The number of urea groups is 1. The van der Waals surface area contributed by atoms with Crippen molar-refractivity contribution in [2.45, 2.75) is 25.3 Å². The fourth-order valence-electron chi connectivity index (χ4n) is 3.76. The lowest BCUT2D eigenvalue weighted by Gasteiger charge is -2.36. The van der Waals surface area contributed by atoms with Crippen LogP contribution < -0.4 is 5.32 Å². The van der Waals surface area contributed by atoms with E-state index in [0.717, 1.165) is 12.1 Å². The lowest BCUT2D eigenvalue weighted by Crippen LogP contribution is -2.61. The van der Waals surface area contributed by atoms with Gasteiger partial charge in [0.15, 0.2) is 17.5 Å². The molecule has 2 N–H and O–H groups in total. The SMILES string of the molecule is Cc1ccc(CC(F)(F)CO)cc1N=C1NC(=O)N(C)C2=NCC(c3cc(F)c(F)c(F)c3)N12. The van der Waals surface area contributed by atoms with Crippen LogP contribution >= 0.6 is 0 Å². The van der Waals surface area contributed by atoms with E-state index in [0.29, 0.717) is 5.56 Å². The Morgan fingerprint density at radius 2 is 1.88 bits per heavy atom. The van der Waals surface area contributed by atoms with E-state index < -0.39 is 48.5 Å². The van der Waals surface area contributed by atoms with Crippen LogP contribution in [-0.4, -0.2) is 59.0 Å². The van der Waals surface area contributed by atoms with Crippen LogP contribution in [0, 0.1) is 24.4 Å². The van der Waals surface area contributed by atoms with Gasteiger partial charge in [0.05, 0.1) is 18.3 Å². The predicted octanol–water partition coefficient (Wildman–Crippen LogP) is 3.64. The van der Waals surface area contributed by atoms with Gasteiger partial charge in [-0.1, -0.05) is 12.1 Å². The number of aliphatic imine (C=N–C) groups is 2. The summed E-state index contributed by atoms with van der Waals surface area (Å²) < 4.78 is 68.6. The second kappa shape index (κ2) is 8.67. The molecule has 0 radical (unpaired) electrons. The Bertz CT molecular complexity index is 1190. The lowest BCUT2D eigenvalue weighted by atomic mass is 10.0. The highest BCUT2D eigenvalue weighted by Gasteiger charge is 2.41. The number of alkyl halides is 2. The molecule has 0 bridgehead atoms. The van der Waals surface area contributed by atoms with Gasteiger partial charge in [-0.05, 0) is 41.8 Å². The molecule has 1 atom stereocenters. The van der Waals surface area contributed by atoms with Crippen molar-refractivity contribution in [2.75, 3.05) is 20.2 Å². The first-order chi connectivity index (χ1) is 16.0. The first-order valence-corrected chi connectivity index (χ1v) is 10.2. The van der Waals surface area contributed by atoms with E-state index in [-0.39, 0.29) is 35.3 Å². The molecule has 0 saturated carbocycles. The van der Waals surface area contributed by atoms with E-state index in [1.54, 1.807) is 13.0 Å². The van der Waals surface area contributed by atoms with Crippen LogP contribution in [0.4, 0.5) is 32.4 Å². The molecule has 0 spiro atoms. The summed E-state index contributed by atoms with van der Waals surface area (Å²) in [5.41, 5.74) is 1.13. The summed E-state index contributed by atoms with van der Waals surface area (Å²) in [7, 11) is 1.44. The van der Waals surface area contributed by atoms with Gasteiger partial charge in [0.1, 0.15) is 6.61 Å². The lowest BCUT2D eigenvalue weighted by molar-refractivity contribution is -0.0488. The fourth-order valence-corrected chi connectivity index (χ4v) is 3.76. The Morgan fingerprint density at radius 3 is 2.53 bits per heavy atom. The molecule has 1 saturated heterocycles. The van der Waals surface area contributed by atoms with Crippen molar-refractivity contribution < 1.29 is 31.9 Å². The van der Waals surface area contributed by atoms with Crippen LogP contribution in [0.1, 0.15) is 22.7 Å². The third-order valence-corrected chi connectivity index (χ3v) is 5.57. The van der Waals surface area contributed by atoms with Crippen molar-refractivity contribution in [1.29, 1.82) is 0 Å². The minimum absolute atomic E-state index is 0.0000893. The van der Waals surface area contributed by atoms with Gasteiger partial charge in [-0.2, -0.15) is 0 Å². The first-order valence-electron chi connectivity index (χ1n) is 10.2. The number of hydrogen-bond donors (Lipinski definition) is 2. The average Bonchev–Trinajstić information content (AvgIpc) is 3.23. The van der Waals surface area contributed by atoms with E-state index in [9.17, 15) is 26.7 Å². The first kappa shape index (κ1) is 23.6. The zero-order valence-corrected chi connectivity index (χ0v) is 18.1. The third-order valence-electron chi connectivity index (χ3n) is 5.57. The quantitative estimate of drug-likeness (QED) is 0.506. The number of nitrogens with one attached hydrogen (secondary N) is 1.